The summed E-state index contributed by atoms with van der Waals surface area (Å²) in [5.74, 6) is 0. The lowest BCUT2D eigenvalue weighted by molar-refractivity contribution is 0.0690. The summed E-state index contributed by atoms with van der Waals surface area (Å²) in [6, 6.07) is 5.35. The SMILES string of the molecule is COCCCOn1nnc2ccc(Cl)cc21. The van der Waals surface area contributed by atoms with Gasteiger partial charge in [0, 0.05) is 25.2 Å². The summed E-state index contributed by atoms with van der Waals surface area (Å²) in [6.45, 7) is 1.19. The van der Waals surface area contributed by atoms with Crippen LogP contribution in [0.15, 0.2) is 18.2 Å². The third kappa shape index (κ3) is 2.43. The van der Waals surface area contributed by atoms with Crippen molar-refractivity contribution in [1.82, 2.24) is 15.2 Å². The van der Waals surface area contributed by atoms with Crippen LogP contribution in [0.3, 0.4) is 0 Å². The van der Waals surface area contributed by atoms with E-state index in [0.717, 1.165) is 17.5 Å². The zero-order chi connectivity index (χ0) is 11.4. The molecule has 1 heterocycles. The number of aromatic nitrogens is 3. The van der Waals surface area contributed by atoms with Crippen molar-refractivity contribution in [3.05, 3.63) is 23.2 Å². The molecule has 16 heavy (non-hydrogen) atoms. The fourth-order valence-corrected chi connectivity index (χ4v) is 1.49. The van der Waals surface area contributed by atoms with Gasteiger partial charge in [0.1, 0.15) is 17.6 Å². The number of methoxy groups -OCH3 is 1. The van der Waals surface area contributed by atoms with Gasteiger partial charge >= 0.3 is 0 Å². The van der Waals surface area contributed by atoms with Crippen LogP contribution in [-0.4, -0.2) is 35.5 Å². The largest absolute Gasteiger partial charge is 0.395 e. The lowest BCUT2D eigenvalue weighted by Crippen LogP contribution is -2.15. The van der Waals surface area contributed by atoms with Crippen molar-refractivity contribution in [2.75, 3.05) is 20.3 Å². The van der Waals surface area contributed by atoms with E-state index in [-0.39, 0.29) is 0 Å². The van der Waals surface area contributed by atoms with Crippen molar-refractivity contribution in [2.45, 2.75) is 6.42 Å². The number of hydrogen-bond donors (Lipinski definition) is 0. The van der Waals surface area contributed by atoms with E-state index < -0.39 is 0 Å². The van der Waals surface area contributed by atoms with Crippen molar-refractivity contribution >= 4 is 22.6 Å². The molecule has 0 saturated carbocycles. The van der Waals surface area contributed by atoms with Crippen LogP contribution >= 0.6 is 11.6 Å². The summed E-state index contributed by atoms with van der Waals surface area (Å²) < 4.78 is 4.92. The molecule has 1 aromatic heterocycles. The normalized spacial score (nSPS) is 10.9. The van der Waals surface area contributed by atoms with E-state index in [9.17, 15) is 0 Å². The van der Waals surface area contributed by atoms with Crippen molar-refractivity contribution in [3.63, 3.8) is 0 Å². The van der Waals surface area contributed by atoms with Crippen molar-refractivity contribution in [2.24, 2.45) is 0 Å². The predicted molar refractivity (Wildman–Crippen MR) is 60.5 cm³/mol. The van der Waals surface area contributed by atoms with Crippen molar-refractivity contribution in [1.29, 1.82) is 0 Å². The van der Waals surface area contributed by atoms with Gasteiger partial charge in [-0.2, -0.15) is 0 Å². The summed E-state index contributed by atoms with van der Waals surface area (Å²) in [5, 5.41) is 8.47. The van der Waals surface area contributed by atoms with E-state index in [4.69, 9.17) is 21.2 Å². The average Bonchev–Trinajstić information content (AvgIpc) is 2.67. The molecule has 0 radical (unpaired) electrons. The van der Waals surface area contributed by atoms with Crippen LogP contribution in [0.4, 0.5) is 0 Å². The molecule has 0 unspecified atom stereocenters. The molecule has 0 atom stereocenters. The number of hydrogen-bond acceptors (Lipinski definition) is 4. The molecule has 6 heteroatoms. The zero-order valence-electron chi connectivity index (χ0n) is 8.89. The molecule has 0 saturated heterocycles. The molecular formula is C10H12ClN3O2. The summed E-state index contributed by atoms with van der Waals surface area (Å²) in [7, 11) is 1.66. The van der Waals surface area contributed by atoms with Gasteiger partial charge in [0.2, 0.25) is 0 Å². The molecule has 0 bridgehead atoms. The highest BCUT2D eigenvalue weighted by atomic mass is 35.5. The first-order valence-electron chi connectivity index (χ1n) is 4.94. The fourth-order valence-electron chi connectivity index (χ4n) is 1.32. The fraction of sp³-hybridized carbons (Fsp3) is 0.400. The van der Waals surface area contributed by atoms with Gasteiger partial charge < -0.3 is 9.57 Å². The van der Waals surface area contributed by atoms with Crippen LogP contribution < -0.4 is 4.84 Å². The minimum absolute atomic E-state index is 0.527. The lowest BCUT2D eigenvalue weighted by Gasteiger charge is -2.04. The minimum Gasteiger partial charge on any atom is -0.395 e. The Morgan fingerprint density at radius 2 is 2.25 bits per heavy atom. The van der Waals surface area contributed by atoms with E-state index >= 15 is 0 Å². The van der Waals surface area contributed by atoms with Crippen LogP contribution in [0.25, 0.3) is 11.0 Å². The molecule has 0 aliphatic rings. The van der Waals surface area contributed by atoms with Crippen molar-refractivity contribution < 1.29 is 9.57 Å². The van der Waals surface area contributed by atoms with Crippen LogP contribution in [0.5, 0.6) is 0 Å². The number of benzene rings is 1. The first kappa shape index (κ1) is 11.2. The number of nitrogens with zero attached hydrogens (tertiary/aromatic N) is 3. The second-order valence-corrected chi connectivity index (χ2v) is 3.71. The van der Waals surface area contributed by atoms with Gasteiger partial charge in [-0.3, -0.25) is 0 Å². The topological polar surface area (TPSA) is 49.2 Å². The summed E-state index contributed by atoms with van der Waals surface area (Å²) in [5.41, 5.74) is 1.53. The predicted octanol–water partition coefficient (Wildman–Crippen LogP) is 1.55. The number of fused-ring (bicyclic) bond motifs is 1. The quantitative estimate of drug-likeness (QED) is 0.746. The van der Waals surface area contributed by atoms with Gasteiger partial charge in [0.25, 0.3) is 0 Å². The van der Waals surface area contributed by atoms with E-state index in [1.807, 2.05) is 0 Å². The Kier molecular flexibility index (Phi) is 3.58. The van der Waals surface area contributed by atoms with Gasteiger partial charge in [-0.15, -0.1) is 5.10 Å². The van der Waals surface area contributed by atoms with Gasteiger partial charge in [-0.25, -0.2) is 0 Å². The minimum atomic E-state index is 0.527. The molecule has 2 aromatic rings. The van der Waals surface area contributed by atoms with Crippen LogP contribution in [0.2, 0.25) is 5.02 Å². The first-order chi connectivity index (χ1) is 7.81. The van der Waals surface area contributed by atoms with Crippen LogP contribution in [0, 0.1) is 0 Å². The highest BCUT2D eigenvalue weighted by molar-refractivity contribution is 6.31. The summed E-state index contributed by atoms with van der Waals surface area (Å²) in [6.07, 6.45) is 0.804. The van der Waals surface area contributed by atoms with E-state index in [2.05, 4.69) is 10.3 Å². The Balaban J connectivity index is 2.09. The number of ether oxygens (including phenoxy) is 1. The Bertz CT molecular complexity index is 472. The molecule has 2 rings (SSSR count). The van der Waals surface area contributed by atoms with Gasteiger partial charge in [-0.1, -0.05) is 16.4 Å². The maximum atomic E-state index is 5.89. The highest BCUT2D eigenvalue weighted by Gasteiger charge is 2.05. The molecule has 0 fully saturated rings. The zero-order valence-corrected chi connectivity index (χ0v) is 9.65. The monoisotopic (exact) mass is 241 g/mol. The smallest absolute Gasteiger partial charge is 0.132 e. The van der Waals surface area contributed by atoms with Gasteiger partial charge in [0.05, 0.1) is 0 Å². The average molecular weight is 242 g/mol. The number of halogens is 1. The molecule has 0 N–H and O–H groups in total. The second kappa shape index (κ2) is 5.14. The highest BCUT2D eigenvalue weighted by Crippen LogP contribution is 2.16. The molecule has 0 aliphatic heterocycles. The molecule has 1 aromatic carbocycles. The maximum absolute atomic E-state index is 5.89. The standard InChI is InChI=1S/C10H12ClN3O2/c1-15-5-2-6-16-14-10-7-8(11)3-4-9(10)12-13-14/h3-4,7H,2,5-6H2,1H3. The van der Waals surface area contributed by atoms with E-state index in [0.29, 0.717) is 18.2 Å². The van der Waals surface area contributed by atoms with Crippen LogP contribution in [-0.2, 0) is 4.74 Å². The van der Waals surface area contributed by atoms with Crippen LogP contribution in [0.1, 0.15) is 6.42 Å². The molecule has 0 aliphatic carbocycles. The first-order valence-corrected chi connectivity index (χ1v) is 5.32. The Morgan fingerprint density at radius 1 is 1.38 bits per heavy atom. The van der Waals surface area contributed by atoms with Gasteiger partial charge in [0.15, 0.2) is 0 Å². The molecule has 5 nitrogen and oxygen atoms in total. The summed E-state index contributed by atoms with van der Waals surface area (Å²) in [4.78, 5) is 6.81. The Labute approximate surface area is 97.9 Å². The molecule has 0 spiro atoms. The third-order valence-electron chi connectivity index (χ3n) is 2.08. The maximum Gasteiger partial charge on any atom is 0.132 e. The molecular weight excluding hydrogens is 230 g/mol. The summed E-state index contributed by atoms with van der Waals surface area (Å²) >= 11 is 5.89. The van der Waals surface area contributed by atoms with Crippen molar-refractivity contribution in [3.8, 4) is 0 Å². The third-order valence-corrected chi connectivity index (χ3v) is 2.32. The van der Waals surface area contributed by atoms with E-state index in [1.165, 1.54) is 4.85 Å². The number of rotatable bonds is 5. The van der Waals surface area contributed by atoms with E-state index in [1.54, 1.807) is 25.3 Å². The van der Waals surface area contributed by atoms with Gasteiger partial charge in [-0.05, 0) is 23.4 Å². The Morgan fingerprint density at radius 3 is 3.06 bits per heavy atom. The Hall–Kier alpha value is -1.33. The molecule has 86 valence electrons. The molecule has 0 amide bonds. The second-order valence-electron chi connectivity index (χ2n) is 3.27. The lowest BCUT2D eigenvalue weighted by atomic mass is 10.3.